The minimum atomic E-state index is -0.903. The van der Waals surface area contributed by atoms with Gasteiger partial charge in [0.25, 0.3) is 16.9 Å². The van der Waals surface area contributed by atoms with Crippen molar-refractivity contribution in [3.05, 3.63) is 105 Å². The highest BCUT2D eigenvalue weighted by atomic mass is 32.1. The first-order valence-electron chi connectivity index (χ1n) is 10.4. The fourth-order valence-corrected chi connectivity index (χ4v) is 4.75. The zero-order valence-electron chi connectivity index (χ0n) is 18.5. The molecule has 2 aromatic carbocycles. The second kappa shape index (κ2) is 9.43. The summed E-state index contributed by atoms with van der Waals surface area (Å²) in [5.74, 6) is -0.671. The lowest BCUT2D eigenvalue weighted by atomic mass is 9.96. The second-order valence-electron chi connectivity index (χ2n) is 7.49. The average molecular weight is 494 g/mol. The molecule has 1 atom stereocenters. The first-order valence-corrected chi connectivity index (χ1v) is 11.2. The summed E-state index contributed by atoms with van der Waals surface area (Å²) in [6.45, 7) is 3.34. The molecule has 0 saturated carbocycles. The maximum absolute atomic E-state index is 13.2. The SMILES string of the molecule is CCOC(=O)C1=C(C)n2c(s/c(=C\c3ccc([N+](=O)[O-])cc3)c2=O)=N[C@@H]1c1cccc([N+](=O)[O-])c1. The molecule has 1 aromatic heterocycles. The number of ether oxygens (including phenoxy) is 1. The number of thiazole rings is 1. The number of hydrogen-bond donors (Lipinski definition) is 0. The lowest BCUT2D eigenvalue weighted by molar-refractivity contribution is -0.385. The Morgan fingerprint density at radius 1 is 1.14 bits per heavy atom. The van der Waals surface area contributed by atoms with E-state index in [1.54, 1.807) is 26.0 Å². The highest BCUT2D eigenvalue weighted by molar-refractivity contribution is 7.07. The molecule has 0 aliphatic carbocycles. The number of fused-ring (bicyclic) bond motifs is 1. The molecule has 0 unspecified atom stereocenters. The first kappa shape index (κ1) is 23.7. The van der Waals surface area contributed by atoms with E-state index in [0.29, 0.717) is 26.2 Å². The molecule has 0 bridgehead atoms. The number of non-ortho nitro benzene ring substituents is 2. The maximum Gasteiger partial charge on any atom is 0.338 e. The zero-order valence-corrected chi connectivity index (χ0v) is 19.4. The van der Waals surface area contributed by atoms with E-state index >= 15 is 0 Å². The topological polar surface area (TPSA) is 147 Å². The van der Waals surface area contributed by atoms with Crippen molar-refractivity contribution in [2.75, 3.05) is 6.61 Å². The number of nitro groups is 2. The Morgan fingerprint density at radius 2 is 1.83 bits per heavy atom. The molecule has 0 N–H and O–H groups in total. The standard InChI is InChI=1S/C23H18N4O7S/c1-3-34-22(29)19-13(2)25-21(28)18(11-14-7-9-16(10-8-14)26(30)31)35-23(25)24-20(19)15-5-4-6-17(12-15)27(32)33/h4-12,20H,3H2,1-2H3/b18-11-/t20-/m1/s1. The number of benzene rings is 2. The van der Waals surface area contributed by atoms with Crippen molar-refractivity contribution >= 4 is 40.5 Å². The van der Waals surface area contributed by atoms with Crippen molar-refractivity contribution in [3.8, 4) is 0 Å². The van der Waals surface area contributed by atoms with Gasteiger partial charge < -0.3 is 4.74 Å². The van der Waals surface area contributed by atoms with Crippen LogP contribution < -0.4 is 14.9 Å². The molecule has 12 heteroatoms. The van der Waals surface area contributed by atoms with Crippen LogP contribution >= 0.6 is 11.3 Å². The van der Waals surface area contributed by atoms with Crippen molar-refractivity contribution in [1.29, 1.82) is 0 Å². The smallest absolute Gasteiger partial charge is 0.338 e. The zero-order chi connectivity index (χ0) is 25.3. The summed E-state index contributed by atoms with van der Waals surface area (Å²) in [5.41, 5.74) is 0.779. The monoisotopic (exact) mass is 494 g/mol. The van der Waals surface area contributed by atoms with Crippen molar-refractivity contribution in [2.45, 2.75) is 19.9 Å². The van der Waals surface area contributed by atoms with Crippen LogP contribution in [0.5, 0.6) is 0 Å². The first-order chi connectivity index (χ1) is 16.7. The molecule has 4 rings (SSSR count). The van der Waals surface area contributed by atoms with Crippen molar-refractivity contribution < 1.29 is 19.4 Å². The molecular weight excluding hydrogens is 476 g/mol. The van der Waals surface area contributed by atoms with Gasteiger partial charge in [0, 0.05) is 30.0 Å². The van der Waals surface area contributed by atoms with Gasteiger partial charge in [-0.2, -0.15) is 0 Å². The summed E-state index contributed by atoms with van der Waals surface area (Å²) in [7, 11) is 0. The van der Waals surface area contributed by atoms with Crippen LogP contribution in [0, 0.1) is 20.2 Å². The Hall–Kier alpha value is -4.45. The average Bonchev–Trinajstić information content (AvgIpc) is 3.14. The fraction of sp³-hybridized carbons (Fsp3) is 0.174. The third-order valence-corrected chi connectivity index (χ3v) is 6.32. The van der Waals surface area contributed by atoms with E-state index < -0.39 is 27.4 Å². The van der Waals surface area contributed by atoms with Crippen molar-refractivity contribution in [2.24, 2.45) is 4.99 Å². The molecule has 11 nitrogen and oxygen atoms in total. The molecule has 0 saturated heterocycles. The fourth-order valence-electron chi connectivity index (χ4n) is 3.71. The van der Waals surface area contributed by atoms with Gasteiger partial charge in [0.05, 0.1) is 26.6 Å². The van der Waals surface area contributed by atoms with Gasteiger partial charge in [0.1, 0.15) is 6.04 Å². The third kappa shape index (κ3) is 4.51. The number of carbonyl (C=O) groups is 1. The lowest BCUT2D eigenvalue weighted by Gasteiger charge is -2.22. The number of esters is 1. The van der Waals surface area contributed by atoms with Crippen LogP contribution in [0.1, 0.15) is 31.0 Å². The third-order valence-electron chi connectivity index (χ3n) is 5.34. The number of allylic oxidation sites excluding steroid dienone is 1. The molecule has 0 fully saturated rings. The summed E-state index contributed by atoms with van der Waals surface area (Å²) in [6, 6.07) is 10.6. The number of aromatic nitrogens is 1. The Labute approximate surface area is 201 Å². The number of nitro benzene ring substituents is 2. The quantitative estimate of drug-likeness (QED) is 0.291. The molecule has 2 heterocycles. The normalized spacial score (nSPS) is 15.4. The molecule has 0 radical (unpaired) electrons. The van der Waals surface area contributed by atoms with Crippen molar-refractivity contribution in [3.63, 3.8) is 0 Å². The molecule has 178 valence electrons. The highest BCUT2D eigenvalue weighted by Gasteiger charge is 2.32. The molecule has 0 amide bonds. The summed E-state index contributed by atoms with van der Waals surface area (Å²) < 4.78 is 6.82. The number of hydrogen-bond acceptors (Lipinski definition) is 9. The minimum Gasteiger partial charge on any atom is -0.463 e. The predicted molar refractivity (Wildman–Crippen MR) is 127 cm³/mol. The van der Waals surface area contributed by atoms with Crippen LogP contribution in [-0.4, -0.2) is 27.0 Å². The van der Waals surface area contributed by atoms with E-state index in [1.807, 2.05) is 0 Å². The number of carbonyl (C=O) groups excluding carboxylic acids is 1. The maximum atomic E-state index is 13.2. The van der Waals surface area contributed by atoms with Gasteiger partial charge in [-0.1, -0.05) is 23.5 Å². The van der Waals surface area contributed by atoms with Crippen LogP contribution in [0.25, 0.3) is 11.8 Å². The molecule has 35 heavy (non-hydrogen) atoms. The molecular formula is C23H18N4O7S. The van der Waals surface area contributed by atoms with E-state index in [-0.39, 0.29) is 23.6 Å². The summed E-state index contributed by atoms with van der Waals surface area (Å²) in [5, 5.41) is 22.2. The number of rotatable bonds is 6. The molecule has 1 aliphatic rings. The van der Waals surface area contributed by atoms with E-state index in [0.717, 1.165) is 11.3 Å². The van der Waals surface area contributed by atoms with Crippen LogP contribution in [0.15, 0.2) is 63.9 Å². The number of nitrogens with zero attached hydrogens (tertiary/aromatic N) is 4. The van der Waals surface area contributed by atoms with Gasteiger partial charge in [-0.3, -0.25) is 29.6 Å². The highest BCUT2D eigenvalue weighted by Crippen LogP contribution is 2.33. The van der Waals surface area contributed by atoms with Gasteiger partial charge in [-0.25, -0.2) is 9.79 Å². The van der Waals surface area contributed by atoms with E-state index in [9.17, 15) is 29.8 Å². The molecule has 0 spiro atoms. The van der Waals surface area contributed by atoms with Gasteiger partial charge in [0.2, 0.25) is 0 Å². The van der Waals surface area contributed by atoms with E-state index in [4.69, 9.17) is 4.74 Å². The Kier molecular flexibility index (Phi) is 6.38. The van der Waals surface area contributed by atoms with Crippen LogP contribution in [0.2, 0.25) is 0 Å². The van der Waals surface area contributed by atoms with Gasteiger partial charge >= 0.3 is 5.97 Å². The Bertz CT molecular complexity index is 1570. The summed E-state index contributed by atoms with van der Waals surface area (Å²) >= 11 is 1.08. The summed E-state index contributed by atoms with van der Waals surface area (Å²) in [4.78, 5) is 52.1. The Morgan fingerprint density at radius 3 is 2.46 bits per heavy atom. The van der Waals surface area contributed by atoms with Gasteiger partial charge in [-0.15, -0.1) is 0 Å². The van der Waals surface area contributed by atoms with Crippen LogP contribution in [-0.2, 0) is 9.53 Å². The summed E-state index contributed by atoms with van der Waals surface area (Å²) in [6.07, 6.45) is 1.58. The van der Waals surface area contributed by atoms with E-state index in [1.165, 1.54) is 47.0 Å². The Balaban J connectivity index is 1.91. The van der Waals surface area contributed by atoms with Gasteiger partial charge in [-0.05, 0) is 43.2 Å². The van der Waals surface area contributed by atoms with Crippen LogP contribution in [0.4, 0.5) is 11.4 Å². The van der Waals surface area contributed by atoms with Gasteiger partial charge in [0.15, 0.2) is 4.80 Å². The van der Waals surface area contributed by atoms with Crippen molar-refractivity contribution in [1.82, 2.24) is 4.57 Å². The largest absolute Gasteiger partial charge is 0.463 e. The minimum absolute atomic E-state index is 0.0722. The van der Waals surface area contributed by atoms with E-state index in [2.05, 4.69) is 4.99 Å². The predicted octanol–water partition coefficient (Wildman–Crippen LogP) is 2.72. The molecule has 1 aliphatic heterocycles. The van der Waals surface area contributed by atoms with Crippen LogP contribution in [0.3, 0.4) is 0 Å². The second-order valence-corrected chi connectivity index (χ2v) is 8.49. The molecule has 3 aromatic rings. The lowest BCUT2D eigenvalue weighted by Crippen LogP contribution is -2.35.